The van der Waals surface area contributed by atoms with E-state index in [1.807, 2.05) is 44.2 Å². The Morgan fingerprint density at radius 2 is 1.81 bits per heavy atom. The first-order valence-corrected chi connectivity index (χ1v) is 9.47. The first-order valence-electron chi connectivity index (χ1n) is 9.47. The number of nitrogens with zero attached hydrogens (tertiary/aromatic N) is 2. The molecule has 0 amide bonds. The molecule has 1 aromatic heterocycles. The van der Waals surface area contributed by atoms with Crippen LogP contribution in [0.1, 0.15) is 57.9 Å². The Morgan fingerprint density at radius 3 is 2.46 bits per heavy atom. The molecule has 1 aliphatic carbocycles. The van der Waals surface area contributed by atoms with Crippen LogP contribution in [0.4, 0.5) is 5.69 Å². The van der Waals surface area contributed by atoms with Gasteiger partial charge in [-0.05, 0) is 42.5 Å². The van der Waals surface area contributed by atoms with Gasteiger partial charge < -0.3 is 0 Å². The third-order valence-electron chi connectivity index (χ3n) is 5.69. The Hall–Kier alpha value is -2.47. The van der Waals surface area contributed by atoms with Gasteiger partial charge in [-0.3, -0.25) is 9.78 Å². The van der Waals surface area contributed by atoms with Crippen LogP contribution in [-0.4, -0.2) is 10.8 Å². The van der Waals surface area contributed by atoms with Crippen LogP contribution in [0.5, 0.6) is 0 Å². The average molecular weight is 346 g/mol. The number of pyridine rings is 1. The van der Waals surface area contributed by atoms with E-state index in [0.717, 1.165) is 16.7 Å². The van der Waals surface area contributed by atoms with Crippen LogP contribution >= 0.6 is 0 Å². The van der Waals surface area contributed by atoms with E-state index in [4.69, 9.17) is 6.57 Å². The van der Waals surface area contributed by atoms with E-state index >= 15 is 0 Å². The molecule has 2 aromatic rings. The van der Waals surface area contributed by atoms with Gasteiger partial charge in [0.15, 0.2) is 0 Å². The molecule has 134 valence electrons. The molecule has 0 bridgehead atoms. The van der Waals surface area contributed by atoms with Gasteiger partial charge in [-0.2, -0.15) is 0 Å². The average Bonchev–Trinajstić information content (AvgIpc) is 2.69. The molecule has 3 heteroatoms. The molecule has 0 saturated heterocycles. The molecule has 1 aromatic carbocycles. The maximum Gasteiger partial charge on any atom is 0.205 e. The minimum absolute atomic E-state index is 0.342. The zero-order valence-corrected chi connectivity index (χ0v) is 15.7. The summed E-state index contributed by atoms with van der Waals surface area (Å²) < 4.78 is 0. The SMILES string of the molecule is [C-]#[N+]c1cncc(-c2ccc(C(C)(C)C(=O)CC3CCCCC3)cc2)c1. The van der Waals surface area contributed by atoms with Crippen molar-refractivity contribution in [1.82, 2.24) is 4.98 Å². The summed E-state index contributed by atoms with van der Waals surface area (Å²) in [5.41, 5.74) is 3.07. The van der Waals surface area contributed by atoms with Crippen molar-refractivity contribution in [2.24, 2.45) is 5.92 Å². The van der Waals surface area contributed by atoms with Crippen LogP contribution in [-0.2, 0) is 10.2 Å². The van der Waals surface area contributed by atoms with Crippen LogP contribution in [0.3, 0.4) is 0 Å². The summed E-state index contributed by atoms with van der Waals surface area (Å²) in [6.45, 7) is 11.2. The summed E-state index contributed by atoms with van der Waals surface area (Å²) in [7, 11) is 0. The van der Waals surface area contributed by atoms with Crippen LogP contribution < -0.4 is 0 Å². The standard InChI is InChI=1S/C23H26N2O/c1-23(2,22(26)13-17-7-5-4-6-8-17)20-11-9-18(10-12-20)19-14-21(24-3)16-25-15-19/h9-12,14-17H,4-8,13H2,1-2H3. The zero-order chi connectivity index (χ0) is 18.6. The Bertz CT molecular complexity index is 809. The van der Waals surface area contributed by atoms with Crippen LogP contribution in [0.2, 0.25) is 0 Å². The number of aromatic nitrogens is 1. The fourth-order valence-electron chi connectivity index (χ4n) is 3.80. The highest BCUT2D eigenvalue weighted by molar-refractivity contribution is 5.89. The van der Waals surface area contributed by atoms with Crippen molar-refractivity contribution in [3.05, 3.63) is 59.7 Å². The highest BCUT2D eigenvalue weighted by Gasteiger charge is 2.31. The van der Waals surface area contributed by atoms with Gasteiger partial charge >= 0.3 is 0 Å². The molecular formula is C23H26N2O. The summed E-state index contributed by atoms with van der Waals surface area (Å²) in [5, 5.41) is 0. The predicted octanol–water partition coefficient (Wildman–Crippen LogP) is 6.12. The van der Waals surface area contributed by atoms with Crippen LogP contribution in [0.15, 0.2) is 42.7 Å². The molecule has 1 aliphatic rings. The number of ketones is 1. The van der Waals surface area contributed by atoms with E-state index in [1.165, 1.54) is 32.1 Å². The van der Waals surface area contributed by atoms with E-state index in [2.05, 4.69) is 9.83 Å². The van der Waals surface area contributed by atoms with Gasteiger partial charge in [0.05, 0.1) is 6.57 Å². The van der Waals surface area contributed by atoms with Crippen molar-refractivity contribution in [3.8, 4) is 11.1 Å². The summed E-state index contributed by atoms with van der Waals surface area (Å²) in [6.07, 6.45) is 10.3. The summed E-state index contributed by atoms with van der Waals surface area (Å²) in [4.78, 5) is 20.5. The van der Waals surface area contributed by atoms with Crippen LogP contribution in [0, 0.1) is 12.5 Å². The van der Waals surface area contributed by atoms with E-state index in [0.29, 0.717) is 23.8 Å². The molecular weight excluding hydrogens is 320 g/mol. The molecule has 1 heterocycles. The molecule has 0 aliphatic heterocycles. The number of rotatable bonds is 5. The molecule has 1 saturated carbocycles. The molecule has 0 N–H and O–H groups in total. The van der Waals surface area contributed by atoms with Gasteiger partial charge in [0, 0.05) is 24.2 Å². The van der Waals surface area contributed by atoms with Crippen molar-refractivity contribution >= 4 is 11.5 Å². The lowest BCUT2D eigenvalue weighted by molar-refractivity contribution is -0.124. The van der Waals surface area contributed by atoms with Crippen molar-refractivity contribution < 1.29 is 4.79 Å². The van der Waals surface area contributed by atoms with E-state index < -0.39 is 5.41 Å². The van der Waals surface area contributed by atoms with Gasteiger partial charge in [0.2, 0.25) is 5.69 Å². The Labute approximate surface area is 156 Å². The largest absolute Gasteiger partial charge is 0.299 e. The second-order valence-corrected chi connectivity index (χ2v) is 7.88. The lowest BCUT2D eigenvalue weighted by atomic mass is 9.75. The smallest absolute Gasteiger partial charge is 0.205 e. The molecule has 0 spiro atoms. The molecule has 0 radical (unpaired) electrons. The fraction of sp³-hybridized carbons (Fsp3) is 0.435. The fourth-order valence-corrected chi connectivity index (χ4v) is 3.80. The zero-order valence-electron chi connectivity index (χ0n) is 15.7. The first kappa shape index (κ1) is 18.3. The lowest BCUT2D eigenvalue weighted by Crippen LogP contribution is -2.31. The van der Waals surface area contributed by atoms with Gasteiger partial charge in [-0.25, -0.2) is 4.85 Å². The number of benzene rings is 1. The van der Waals surface area contributed by atoms with Crippen molar-refractivity contribution in [2.45, 2.75) is 57.8 Å². The number of hydrogen-bond acceptors (Lipinski definition) is 2. The predicted molar refractivity (Wildman–Crippen MR) is 105 cm³/mol. The first-order chi connectivity index (χ1) is 12.5. The van der Waals surface area contributed by atoms with E-state index in [9.17, 15) is 4.79 Å². The molecule has 26 heavy (non-hydrogen) atoms. The second-order valence-electron chi connectivity index (χ2n) is 7.88. The number of hydrogen-bond donors (Lipinski definition) is 0. The summed E-state index contributed by atoms with van der Waals surface area (Å²) in [5.74, 6) is 0.908. The van der Waals surface area contributed by atoms with E-state index in [1.54, 1.807) is 12.4 Å². The number of Topliss-reactive ketones (excluding diaryl/α,β-unsaturated/α-hetero) is 1. The van der Waals surface area contributed by atoms with Crippen molar-refractivity contribution in [1.29, 1.82) is 0 Å². The van der Waals surface area contributed by atoms with Crippen molar-refractivity contribution in [3.63, 3.8) is 0 Å². The molecule has 0 atom stereocenters. The summed E-state index contributed by atoms with van der Waals surface area (Å²) in [6, 6.07) is 9.97. The maximum atomic E-state index is 12.9. The minimum Gasteiger partial charge on any atom is -0.299 e. The second kappa shape index (κ2) is 7.83. The van der Waals surface area contributed by atoms with Crippen LogP contribution in [0.25, 0.3) is 16.0 Å². The normalized spacial score (nSPS) is 15.4. The van der Waals surface area contributed by atoms with Gasteiger partial charge in [-0.1, -0.05) is 56.4 Å². The Kier molecular flexibility index (Phi) is 5.52. The monoisotopic (exact) mass is 346 g/mol. The summed E-state index contributed by atoms with van der Waals surface area (Å²) >= 11 is 0. The number of carbonyl (C=O) groups is 1. The van der Waals surface area contributed by atoms with Gasteiger partial charge in [0.1, 0.15) is 5.78 Å². The minimum atomic E-state index is -0.466. The topological polar surface area (TPSA) is 34.3 Å². The number of carbonyl (C=O) groups excluding carboxylic acids is 1. The quantitative estimate of drug-likeness (QED) is 0.612. The van der Waals surface area contributed by atoms with E-state index in [-0.39, 0.29) is 0 Å². The van der Waals surface area contributed by atoms with Gasteiger partial charge in [-0.15, -0.1) is 0 Å². The molecule has 3 nitrogen and oxygen atoms in total. The van der Waals surface area contributed by atoms with Crippen molar-refractivity contribution in [2.75, 3.05) is 0 Å². The third-order valence-corrected chi connectivity index (χ3v) is 5.69. The third kappa shape index (κ3) is 4.02. The lowest BCUT2D eigenvalue weighted by Gasteiger charge is -2.28. The Morgan fingerprint density at radius 1 is 1.12 bits per heavy atom. The molecule has 0 unspecified atom stereocenters. The Balaban J connectivity index is 1.75. The molecule has 3 rings (SSSR count). The van der Waals surface area contributed by atoms with Gasteiger partial charge in [0.25, 0.3) is 0 Å². The highest BCUT2D eigenvalue weighted by atomic mass is 16.1. The molecule has 1 fully saturated rings. The highest BCUT2D eigenvalue weighted by Crippen LogP contribution is 2.33. The maximum absolute atomic E-state index is 12.9.